The molecule has 13 heavy (non-hydrogen) atoms. The smallest absolute Gasteiger partial charge is 0.320 e. The minimum atomic E-state index is -0.959. The maximum Gasteiger partial charge on any atom is 0.320 e. The zero-order valence-corrected chi connectivity index (χ0v) is 6.60. The van der Waals surface area contributed by atoms with Gasteiger partial charge in [0.25, 0.3) is 0 Å². The number of benzene rings is 1. The van der Waals surface area contributed by atoms with E-state index in [0.717, 1.165) is 5.56 Å². The first kappa shape index (κ1) is 11.9. The molecule has 1 aromatic rings. The van der Waals surface area contributed by atoms with Crippen LogP contribution in [0.2, 0.25) is 0 Å². The summed E-state index contributed by atoms with van der Waals surface area (Å²) in [7, 11) is 0. The molecular weight excluding hydrogens is 182 g/mol. The highest BCUT2D eigenvalue weighted by molar-refractivity contribution is 5.75. The highest BCUT2D eigenvalue weighted by Gasteiger charge is 2.10. The van der Waals surface area contributed by atoms with Crippen molar-refractivity contribution in [3.05, 3.63) is 35.9 Å². The molecule has 1 rings (SSSR count). The quantitative estimate of drug-likeness (QED) is 0.623. The van der Waals surface area contributed by atoms with E-state index in [2.05, 4.69) is 0 Å². The standard InChI is InChI=1S/C9H11NO2.H4Si/c10-8(9(11)12)6-7-4-2-1-3-5-7;/h1-5,8H,6,10H2,(H,11,12);1H4/t8-;/m0./s1. The monoisotopic (exact) mass is 197 g/mol. The van der Waals surface area contributed by atoms with Gasteiger partial charge < -0.3 is 10.8 Å². The zero-order valence-electron chi connectivity index (χ0n) is 6.60. The molecule has 0 unspecified atom stereocenters. The summed E-state index contributed by atoms with van der Waals surface area (Å²) in [4.78, 5) is 10.4. The summed E-state index contributed by atoms with van der Waals surface area (Å²) in [5.41, 5.74) is 6.30. The summed E-state index contributed by atoms with van der Waals surface area (Å²) >= 11 is 0. The molecule has 3 nitrogen and oxygen atoms in total. The number of carboxylic acid groups (broad SMARTS) is 1. The van der Waals surface area contributed by atoms with Gasteiger partial charge >= 0.3 is 5.97 Å². The second kappa shape index (κ2) is 5.50. The molecule has 0 spiro atoms. The molecule has 0 saturated heterocycles. The lowest BCUT2D eigenvalue weighted by Crippen LogP contribution is -2.32. The Hall–Kier alpha value is -1.13. The van der Waals surface area contributed by atoms with E-state index in [9.17, 15) is 4.79 Å². The van der Waals surface area contributed by atoms with Crippen LogP contribution in [-0.2, 0) is 11.2 Å². The predicted octanol–water partition coefficient (Wildman–Crippen LogP) is -0.811. The predicted molar refractivity (Wildman–Crippen MR) is 57.1 cm³/mol. The van der Waals surface area contributed by atoms with Crippen molar-refractivity contribution in [1.82, 2.24) is 0 Å². The zero-order chi connectivity index (χ0) is 8.97. The van der Waals surface area contributed by atoms with E-state index in [0.29, 0.717) is 6.42 Å². The van der Waals surface area contributed by atoms with Gasteiger partial charge in [0.1, 0.15) is 6.04 Å². The average molecular weight is 197 g/mol. The molecule has 4 heteroatoms. The van der Waals surface area contributed by atoms with Crippen LogP contribution in [0.5, 0.6) is 0 Å². The molecule has 72 valence electrons. The molecule has 1 aromatic carbocycles. The van der Waals surface area contributed by atoms with Gasteiger partial charge in [-0.2, -0.15) is 0 Å². The molecule has 0 amide bonds. The van der Waals surface area contributed by atoms with Crippen molar-refractivity contribution < 1.29 is 9.90 Å². The van der Waals surface area contributed by atoms with Gasteiger partial charge in [-0.15, -0.1) is 0 Å². The first-order valence-electron chi connectivity index (χ1n) is 3.72. The maximum atomic E-state index is 10.4. The highest BCUT2D eigenvalue weighted by atomic mass is 28.1. The largest absolute Gasteiger partial charge is 0.480 e. The van der Waals surface area contributed by atoms with Gasteiger partial charge in [0.15, 0.2) is 0 Å². The minimum absolute atomic E-state index is 0. The van der Waals surface area contributed by atoms with Crippen molar-refractivity contribution in [3.8, 4) is 0 Å². The number of nitrogens with two attached hydrogens (primary N) is 1. The van der Waals surface area contributed by atoms with Crippen molar-refractivity contribution in [2.75, 3.05) is 0 Å². The summed E-state index contributed by atoms with van der Waals surface area (Å²) in [6.07, 6.45) is 0.385. The second-order valence-corrected chi connectivity index (χ2v) is 2.63. The van der Waals surface area contributed by atoms with Gasteiger partial charge in [-0.05, 0) is 22.9 Å². The van der Waals surface area contributed by atoms with Crippen LogP contribution in [-0.4, -0.2) is 28.1 Å². The lowest BCUT2D eigenvalue weighted by molar-refractivity contribution is -0.138. The van der Waals surface area contributed by atoms with Crippen LogP contribution in [0.3, 0.4) is 0 Å². The third-order valence-corrected chi connectivity index (χ3v) is 1.62. The molecule has 0 aliphatic heterocycles. The minimum Gasteiger partial charge on any atom is -0.480 e. The molecule has 0 aliphatic rings. The van der Waals surface area contributed by atoms with Gasteiger partial charge in [-0.3, -0.25) is 4.79 Å². The van der Waals surface area contributed by atoms with Crippen LogP contribution in [0.1, 0.15) is 5.56 Å². The fourth-order valence-electron chi connectivity index (χ4n) is 0.955. The SMILES string of the molecule is N[C@@H](Cc1ccccc1)C(=O)O.[SiH4]. The number of carboxylic acids is 1. The summed E-state index contributed by atoms with van der Waals surface area (Å²) in [5.74, 6) is -0.959. The second-order valence-electron chi connectivity index (χ2n) is 2.63. The molecule has 0 heterocycles. The molecule has 1 atom stereocenters. The molecule has 0 aromatic heterocycles. The van der Waals surface area contributed by atoms with Crippen molar-refractivity contribution in [1.29, 1.82) is 0 Å². The lowest BCUT2D eigenvalue weighted by atomic mass is 10.1. The average Bonchev–Trinajstić information content (AvgIpc) is 2.06. The maximum absolute atomic E-state index is 10.4. The first-order chi connectivity index (χ1) is 5.70. The van der Waals surface area contributed by atoms with Crippen molar-refractivity contribution >= 4 is 16.9 Å². The third kappa shape index (κ3) is 3.87. The van der Waals surface area contributed by atoms with E-state index >= 15 is 0 Å². The normalized spacial score (nSPS) is 11.5. The van der Waals surface area contributed by atoms with Crippen LogP contribution in [0, 0.1) is 0 Å². The third-order valence-electron chi connectivity index (χ3n) is 1.62. The Bertz CT molecular complexity index is 264. The fourth-order valence-corrected chi connectivity index (χ4v) is 0.955. The van der Waals surface area contributed by atoms with E-state index in [1.807, 2.05) is 30.3 Å². The van der Waals surface area contributed by atoms with Gasteiger partial charge in [0.2, 0.25) is 0 Å². The Labute approximate surface area is 81.6 Å². The van der Waals surface area contributed by atoms with Gasteiger partial charge in [0.05, 0.1) is 0 Å². The summed E-state index contributed by atoms with van der Waals surface area (Å²) in [6.45, 7) is 0. The number of hydrogen-bond acceptors (Lipinski definition) is 2. The van der Waals surface area contributed by atoms with Crippen LogP contribution >= 0.6 is 0 Å². The van der Waals surface area contributed by atoms with Gasteiger partial charge in [-0.1, -0.05) is 30.3 Å². The van der Waals surface area contributed by atoms with Crippen molar-refractivity contribution in [3.63, 3.8) is 0 Å². The Morgan fingerprint density at radius 3 is 2.38 bits per heavy atom. The molecule has 0 radical (unpaired) electrons. The number of rotatable bonds is 3. The van der Waals surface area contributed by atoms with Crippen LogP contribution in [0.15, 0.2) is 30.3 Å². The summed E-state index contributed by atoms with van der Waals surface area (Å²) in [5, 5.41) is 8.52. The molecule has 3 N–H and O–H groups in total. The van der Waals surface area contributed by atoms with Gasteiger partial charge in [0, 0.05) is 0 Å². The van der Waals surface area contributed by atoms with E-state index in [1.165, 1.54) is 0 Å². The number of aliphatic carboxylic acids is 1. The topological polar surface area (TPSA) is 63.3 Å². The van der Waals surface area contributed by atoms with Crippen LogP contribution in [0.25, 0.3) is 0 Å². The lowest BCUT2D eigenvalue weighted by Gasteiger charge is -2.04. The Morgan fingerprint density at radius 1 is 1.38 bits per heavy atom. The molecule has 0 saturated carbocycles. The molecular formula is C9H15NO2Si. The number of hydrogen-bond donors (Lipinski definition) is 2. The van der Waals surface area contributed by atoms with Gasteiger partial charge in [-0.25, -0.2) is 0 Å². The van der Waals surface area contributed by atoms with Crippen molar-refractivity contribution in [2.45, 2.75) is 12.5 Å². The van der Waals surface area contributed by atoms with E-state index < -0.39 is 12.0 Å². The molecule has 0 bridgehead atoms. The summed E-state index contributed by atoms with van der Waals surface area (Å²) < 4.78 is 0. The Balaban J connectivity index is 0.00000144. The van der Waals surface area contributed by atoms with Crippen LogP contribution in [0.4, 0.5) is 0 Å². The highest BCUT2D eigenvalue weighted by Crippen LogP contribution is 2.01. The van der Waals surface area contributed by atoms with Crippen LogP contribution < -0.4 is 5.73 Å². The van der Waals surface area contributed by atoms with E-state index in [1.54, 1.807) is 0 Å². The van der Waals surface area contributed by atoms with E-state index in [-0.39, 0.29) is 11.0 Å². The number of carbonyl (C=O) groups is 1. The summed E-state index contributed by atoms with van der Waals surface area (Å²) in [6, 6.07) is 8.54. The first-order valence-corrected chi connectivity index (χ1v) is 3.72. The van der Waals surface area contributed by atoms with E-state index in [4.69, 9.17) is 10.8 Å². The van der Waals surface area contributed by atoms with Crippen molar-refractivity contribution in [2.24, 2.45) is 5.73 Å². The Kier molecular flexibility index (Phi) is 5.02. The molecule has 0 aliphatic carbocycles. The molecule has 0 fully saturated rings. The Morgan fingerprint density at radius 2 is 1.92 bits per heavy atom. The fraction of sp³-hybridized carbons (Fsp3) is 0.222.